The second-order valence-electron chi connectivity index (χ2n) is 5.83. The van der Waals surface area contributed by atoms with Crippen LogP contribution in [0.1, 0.15) is 44.6 Å². The van der Waals surface area contributed by atoms with E-state index in [1.807, 2.05) is 0 Å². The van der Waals surface area contributed by atoms with Gasteiger partial charge in [-0.1, -0.05) is 38.3 Å². The highest BCUT2D eigenvalue weighted by Gasteiger charge is 2.25. The van der Waals surface area contributed by atoms with E-state index in [1.165, 1.54) is 43.4 Å². The fourth-order valence-electron chi connectivity index (χ4n) is 3.34. The summed E-state index contributed by atoms with van der Waals surface area (Å²) in [6, 6.07) is 9.45. The molecule has 0 heterocycles. The number of anilines is 1. The van der Waals surface area contributed by atoms with Crippen LogP contribution >= 0.6 is 0 Å². The molecule has 1 aromatic rings. The average Bonchev–Trinajstić information content (AvgIpc) is 2.49. The quantitative estimate of drug-likeness (QED) is 0.876. The lowest BCUT2D eigenvalue weighted by Crippen LogP contribution is -2.44. The topological polar surface area (TPSA) is 29.3 Å². The Morgan fingerprint density at radius 2 is 1.79 bits per heavy atom. The van der Waals surface area contributed by atoms with E-state index in [4.69, 9.17) is 5.73 Å². The summed E-state index contributed by atoms with van der Waals surface area (Å²) >= 11 is 0. The molecule has 1 fully saturated rings. The summed E-state index contributed by atoms with van der Waals surface area (Å²) in [6.07, 6.45) is 7.96. The number of likely N-dealkylation sites (N-methyl/N-ethyl adjacent to an activating group) is 1. The molecular weight excluding hydrogens is 232 g/mol. The number of rotatable bonds is 5. The van der Waals surface area contributed by atoms with Crippen molar-refractivity contribution < 1.29 is 0 Å². The van der Waals surface area contributed by atoms with Crippen LogP contribution in [0.2, 0.25) is 0 Å². The molecule has 19 heavy (non-hydrogen) atoms. The summed E-state index contributed by atoms with van der Waals surface area (Å²) in [6.45, 7) is 2.96. The molecule has 0 aliphatic heterocycles. The zero-order valence-corrected chi connectivity index (χ0v) is 12.4. The maximum absolute atomic E-state index is 6.06. The molecule has 0 spiro atoms. The summed E-state index contributed by atoms with van der Waals surface area (Å²) < 4.78 is 0. The second-order valence-corrected chi connectivity index (χ2v) is 5.83. The number of aryl methyl sites for hydroxylation is 1. The molecule has 2 nitrogen and oxygen atoms in total. The molecule has 106 valence electrons. The summed E-state index contributed by atoms with van der Waals surface area (Å²) in [4.78, 5) is 2.40. The molecule has 0 amide bonds. The highest BCUT2D eigenvalue weighted by atomic mass is 15.1. The van der Waals surface area contributed by atoms with E-state index >= 15 is 0 Å². The first-order chi connectivity index (χ1) is 9.26. The third-order valence-corrected chi connectivity index (χ3v) is 4.68. The van der Waals surface area contributed by atoms with Crippen LogP contribution in [0, 0.1) is 5.92 Å². The van der Waals surface area contributed by atoms with Crippen LogP contribution in [0.3, 0.4) is 0 Å². The van der Waals surface area contributed by atoms with Gasteiger partial charge in [0.1, 0.15) is 0 Å². The normalized spacial score (nSPS) is 18.3. The van der Waals surface area contributed by atoms with Gasteiger partial charge in [0.2, 0.25) is 0 Å². The van der Waals surface area contributed by atoms with Crippen molar-refractivity contribution in [1.29, 1.82) is 0 Å². The summed E-state index contributed by atoms with van der Waals surface area (Å²) in [5, 5.41) is 0. The highest BCUT2D eigenvalue weighted by Crippen LogP contribution is 2.30. The first-order valence-electron chi connectivity index (χ1n) is 7.78. The minimum absolute atomic E-state index is 0.493. The van der Waals surface area contributed by atoms with E-state index in [2.05, 4.69) is 43.1 Å². The van der Waals surface area contributed by atoms with Crippen molar-refractivity contribution in [2.24, 2.45) is 11.7 Å². The van der Waals surface area contributed by atoms with Crippen LogP contribution in [0.4, 0.5) is 5.69 Å². The Hall–Kier alpha value is -1.02. The lowest BCUT2D eigenvalue weighted by Gasteiger charge is -2.37. The van der Waals surface area contributed by atoms with E-state index in [9.17, 15) is 0 Å². The van der Waals surface area contributed by atoms with Gasteiger partial charge in [-0.3, -0.25) is 0 Å². The molecular formula is C17H28N2. The first kappa shape index (κ1) is 14.4. The predicted octanol–water partition coefficient (Wildman–Crippen LogP) is 3.59. The molecule has 2 N–H and O–H groups in total. The van der Waals surface area contributed by atoms with Gasteiger partial charge in [0, 0.05) is 25.3 Å². The fourth-order valence-corrected chi connectivity index (χ4v) is 3.34. The molecule has 0 radical (unpaired) electrons. The second kappa shape index (κ2) is 6.95. The van der Waals surface area contributed by atoms with Crippen molar-refractivity contribution in [2.45, 2.75) is 51.5 Å². The molecule has 0 aromatic heterocycles. The Morgan fingerprint density at radius 1 is 1.16 bits per heavy atom. The maximum Gasteiger partial charge on any atom is 0.0437 e. The van der Waals surface area contributed by atoms with Crippen molar-refractivity contribution in [3.63, 3.8) is 0 Å². The number of hydrogen-bond donors (Lipinski definition) is 1. The molecule has 1 aliphatic rings. The van der Waals surface area contributed by atoms with Crippen LogP contribution in [-0.4, -0.2) is 19.6 Å². The van der Waals surface area contributed by atoms with E-state index < -0.39 is 0 Å². The standard InChI is InChI=1S/C17H28N2/c1-3-14-9-11-16(12-10-14)19(2)17(13-18)15-7-5-4-6-8-15/h9-12,15,17H,3-8,13,18H2,1-2H3. The first-order valence-corrected chi connectivity index (χ1v) is 7.78. The van der Waals surface area contributed by atoms with Gasteiger partial charge in [0.25, 0.3) is 0 Å². The minimum Gasteiger partial charge on any atom is -0.370 e. The Balaban J connectivity index is 2.07. The smallest absolute Gasteiger partial charge is 0.0437 e. The van der Waals surface area contributed by atoms with Gasteiger partial charge in [-0.05, 0) is 42.9 Å². The van der Waals surface area contributed by atoms with Gasteiger partial charge in [-0.2, -0.15) is 0 Å². The molecule has 1 saturated carbocycles. The van der Waals surface area contributed by atoms with Crippen molar-refractivity contribution in [2.75, 3.05) is 18.5 Å². The monoisotopic (exact) mass is 260 g/mol. The SMILES string of the molecule is CCc1ccc(N(C)C(CN)C2CCCCC2)cc1. The summed E-state index contributed by atoms with van der Waals surface area (Å²) in [7, 11) is 2.20. The van der Waals surface area contributed by atoms with Crippen molar-refractivity contribution >= 4 is 5.69 Å². The lowest BCUT2D eigenvalue weighted by atomic mass is 9.83. The van der Waals surface area contributed by atoms with Crippen LogP contribution in [0.5, 0.6) is 0 Å². The Kier molecular flexibility index (Phi) is 5.26. The lowest BCUT2D eigenvalue weighted by molar-refractivity contribution is 0.302. The maximum atomic E-state index is 6.06. The Morgan fingerprint density at radius 3 is 2.32 bits per heavy atom. The van der Waals surface area contributed by atoms with Crippen LogP contribution in [0.25, 0.3) is 0 Å². The van der Waals surface area contributed by atoms with Crippen molar-refractivity contribution in [1.82, 2.24) is 0 Å². The number of hydrogen-bond acceptors (Lipinski definition) is 2. The van der Waals surface area contributed by atoms with E-state index in [-0.39, 0.29) is 0 Å². The van der Waals surface area contributed by atoms with Crippen LogP contribution in [0.15, 0.2) is 24.3 Å². The van der Waals surface area contributed by atoms with Crippen LogP contribution in [-0.2, 0) is 6.42 Å². The van der Waals surface area contributed by atoms with Crippen molar-refractivity contribution in [3.8, 4) is 0 Å². The van der Waals surface area contributed by atoms with Gasteiger partial charge >= 0.3 is 0 Å². The fraction of sp³-hybridized carbons (Fsp3) is 0.647. The van der Waals surface area contributed by atoms with E-state index in [0.717, 1.165) is 18.9 Å². The van der Waals surface area contributed by atoms with E-state index in [1.54, 1.807) is 0 Å². The number of benzene rings is 1. The van der Waals surface area contributed by atoms with Gasteiger partial charge in [-0.25, -0.2) is 0 Å². The van der Waals surface area contributed by atoms with Crippen molar-refractivity contribution in [3.05, 3.63) is 29.8 Å². The molecule has 1 aromatic carbocycles. The summed E-state index contributed by atoms with van der Waals surface area (Å²) in [5.41, 5.74) is 8.76. The van der Waals surface area contributed by atoms with Gasteiger partial charge in [0.15, 0.2) is 0 Å². The largest absolute Gasteiger partial charge is 0.370 e. The number of nitrogens with zero attached hydrogens (tertiary/aromatic N) is 1. The highest BCUT2D eigenvalue weighted by molar-refractivity contribution is 5.48. The predicted molar refractivity (Wildman–Crippen MR) is 83.6 cm³/mol. The molecule has 2 rings (SSSR count). The third-order valence-electron chi connectivity index (χ3n) is 4.68. The summed E-state index contributed by atoms with van der Waals surface area (Å²) in [5.74, 6) is 0.773. The Labute approximate surface area is 118 Å². The Bertz CT molecular complexity index is 365. The zero-order chi connectivity index (χ0) is 13.7. The van der Waals surface area contributed by atoms with Gasteiger partial charge in [0.05, 0.1) is 0 Å². The average molecular weight is 260 g/mol. The molecule has 1 aliphatic carbocycles. The molecule has 1 atom stereocenters. The van der Waals surface area contributed by atoms with Crippen LogP contribution < -0.4 is 10.6 Å². The third kappa shape index (κ3) is 3.50. The molecule has 1 unspecified atom stereocenters. The minimum atomic E-state index is 0.493. The van der Waals surface area contributed by atoms with E-state index in [0.29, 0.717) is 6.04 Å². The van der Waals surface area contributed by atoms with Gasteiger partial charge < -0.3 is 10.6 Å². The molecule has 0 bridgehead atoms. The molecule has 2 heteroatoms. The number of nitrogens with two attached hydrogens (primary N) is 1. The van der Waals surface area contributed by atoms with Gasteiger partial charge in [-0.15, -0.1) is 0 Å². The molecule has 0 saturated heterocycles. The zero-order valence-electron chi connectivity index (χ0n) is 12.4.